The quantitative estimate of drug-likeness (QED) is 0.409. The van der Waals surface area contributed by atoms with Crippen molar-refractivity contribution in [2.75, 3.05) is 26.2 Å². The van der Waals surface area contributed by atoms with Gasteiger partial charge in [-0.1, -0.05) is 13.8 Å². The van der Waals surface area contributed by atoms with Crippen LogP contribution in [0.4, 0.5) is 0 Å². The van der Waals surface area contributed by atoms with E-state index in [1.807, 2.05) is 19.1 Å². The van der Waals surface area contributed by atoms with Crippen molar-refractivity contribution in [3.8, 4) is 5.75 Å². The van der Waals surface area contributed by atoms with Gasteiger partial charge >= 0.3 is 0 Å². The van der Waals surface area contributed by atoms with Gasteiger partial charge < -0.3 is 19.6 Å². The van der Waals surface area contributed by atoms with Gasteiger partial charge in [0, 0.05) is 37.5 Å². The van der Waals surface area contributed by atoms with Crippen LogP contribution in [0.2, 0.25) is 0 Å². The number of carbonyl (C=O) groups is 2. The fourth-order valence-electron chi connectivity index (χ4n) is 4.52. The summed E-state index contributed by atoms with van der Waals surface area (Å²) < 4.78 is 5.75. The molecule has 1 fully saturated rings. The first-order chi connectivity index (χ1) is 15.4. The van der Waals surface area contributed by atoms with Crippen molar-refractivity contribution in [2.24, 2.45) is 0 Å². The molecule has 3 heterocycles. The van der Waals surface area contributed by atoms with Gasteiger partial charge in [0.15, 0.2) is 0 Å². The maximum absolute atomic E-state index is 13.1. The van der Waals surface area contributed by atoms with Gasteiger partial charge in [-0.2, -0.15) is 0 Å². The molecule has 2 unspecified atom stereocenters. The molecule has 2 aliphatic heterocycles. The number of rotatable bonds is 7. The molecule has 1 aromatic carbocycles. The third kappa shape index (κ3) is 4.00. The van der Waals surface area contributed by atoms with E-state index in [9.17, 15) is 14.7 Å². The number of ether oxygens (including phenoxy) is 1. The highest BCUT2D eigenvalue weighted by molar-refractivity contribution is 6.46. The van der Waals surface area contributed by atoms with Gasteiger partial charge in [-0.15, -0.1) is 0 Å². The minimum absolute atomic E-state index is 0.0740. The Morgan fingerprint density at radius 1 is 1.19 bits per heavy atom. The van der Waals surface area contributed by atoms with E-state index < -0.39 is 17.7 Å². The summed E-state index contributed by atoms with van der Waals surface area (Å²) in [6.07, 6.45) is 4.08. The molecular formula is C25H29N3O4. The Labute approximate surface area is 188 Å². The number of nitrogens with zero attached hydrogens (tertiary/aromatic N) is 3. The highest BCUT2D eigenvalue weighted by Crippen LogP contribution is 2.40. The number of aromatic nitrogens is 1. The smallest absolute Gasteiger partial charge is 0.295 e. The Balaban J connectivity index is 1.76. The minimum atomic E-state index is -0.658. The lowest BCUT2D eigenvalue weighted by Crippen LogP contribution is -2.38. The number of Topliss-reactive ketones (excluding diaryl/α,β-unsaturated/α-hetero) is 1. The van der Waals surface area contributed by atoms with Crippen LogP contribution >= 0.6 is 0 Å². The maximum Gasteiger partial charge on any atom is 0.295 e. The van der Waals surface area contributed by atoms with E-state index in [1.165, 1.54) is 0 Å². The summed E-state index contributed by atoms with van der Waals surface area (Å²) in [6, 6.07) is 8.31. The van der Waals surface area contributed by atoms with Gasteiger partial charge in [0.1, 0.15) is 17.6 Å². The first kappa shape index (κ1) is 22.0. The van der Waals surface area contributed by atoms with Crippen LogP contribution in [0.3, 0.4) is 0 Å². The summed E-state index contributed by atoms with van der Waals surface area (Å²) >= 11 is 0. The van der Waals surface area contributed by atoms with Gasteiger partial charge in [0.2, 0.25) is 0 Å². The SMILES string of the molecule is CCN(CC)CCN1C(=O)C(=O)/C(=C(\O)c2ccc3c(c2)CC(C)O3)C1c1ccncc1. The van der Waals surface area contributed by atoms with Gasteiger partial charge in [-0.3, -0.25) is 14.6 Å². The number of hydrogen-bond acceptors (Lipinski definition) is 6. The molecule has 0 saturated carbocycles. The molecule has 32 heavy (non-hydrogen) atoms. The first-order valence-corrected chi connectivity index (χ1v) is 11.1. The van der Waals surface area contributed by atoms with Gasteiger partial charge in [0.25, 0.3) is 11.7 Å². The standard InChI is InChI=1S/C25H29N3O4/c1-4-27(5-2)12-13-28-22(17-8-10-26-11-9-17)21(24(30)25(28)31)23(29)18-6-7-20-19(15-18)14-16(3)32-20/h6-11,15-16,22,29H,4-5,12-14H2,1-3H3/b23-21-. The molecule has 1 saturated heterocycles. The number of carbonyl (C=O) groups excluding carboxylic acids is 2. The lowest BCUT2D eigenvalue weighted by molar-refractivity contribution is -0.140. The van der Waals surface area contributed by atoms with Crippen LogP contribution in [0.15, 0.2) is 48.3 Å². The van der Waals surface area contributed by atoms with Crippen LogP contribution in [-0.4, -0.2) is 63.9 Å². The molecule has 1 amide bonds. The molecule has 1 aromatic heterocycles. The molecular weight excluding hydrogens is 406 g/mol. The number of aliphatic hydroxyl groups is 1. The molecule has 2 atom stereocenters. The molecule has 0 spiro atoms. The van der Waals surface area contributed by atoms with Crippen molar-refractivity contribution in [1.29, 1.82) is 0 Å². The van der Waals surface area contributed by atoms with Crippen molar-refractivity contribution in [3.63, 3.8) is 0 Å². The molecule has 0 radical (unpaired) electrons. The zero-order valence-corrected chi connectivity index (χ0v) is 18.7. The molecule has 0 aliphatic carbocycles. The average molecular weight is 436 g/mol. The number of likely N-dealkylation sites (tertiary alicyclic amines) is 1. The second kappa shape index (κ2) is 9.12. The predicted octanol–water partition coefficient (Wildman–Crippen LogP) is 3.17. The van der Waals surface area contributed by atoms with Crippen molar-refractivity contribution >= 4 is 17.4 Å². The highest BCUT2D eigenvalue weighted by atomic mass is 16.5. The Hall–Kier alpha value is -3.19. The van der Waals surface area contributed by atoms with E-state index in [4.69, 9.17) is 4.74 Å². The van der Waals surface area contributed by atoms with Crippen LogP contribution < -0.4 is 4.74 Å². The van der Waals surface area contributed by atoms with E-state index in [-0.39, 0.29) is 17.4 Å². The fraction of sp³-hybridized carbons (Fsp3) is 0.400. The van der Waals surface area contributed by atoms with Crippen LogP contribution in [0.25, 0.3) is 5.76 Å². The summed E-state index contributed by atoms with van der Waals surface area (Å²) in [4.78, 5) is 34.0. The molecule has 0 bridgehead atoms. The topological polar surface area (TPSA) is 83.0 Å². The monoisotopic (exact) mass is 435 g/mol. The molecule has 7 nitrogen and oxygen atoms in total. The van der Waals surface area contributed by atoms with E-state index >= 15 is 0 Å². The molecule has 1 N–H and O–H groups in total. The Morgan fingerprint density at radius 3 is 2.59 bits per heavy atom. The Bertz CT molecular complexity index is 1050. The number of ketones is 1. The second-order valence-electron chi connectivity index (χ2n) is 8.26. The number of likely N-dealkylation sites (N-methyl/N-ethyl adjacent to an activating group) is 1. The zero-order valence-electron chi connectivity index (χ0n) is 18.7. The lowest BCUT2D eigenvalue weighted by atomic mass is 9.95. The van der Waals surface area contributed by atoms with E-state index in [0.717, 1.165) is 36.4 Å². The van der Waals surface area contributed by atoms with Crippen LogP contribution in [0, 0.1) is 0 Å². The maximum atomic E-state index is 13.1. The van der Waals surface area contributed by atoms with Gasteiger partial charge in [-0.05, 0) is 61.5 Å². The predicted molar refractivity (Wildman–Crippen MR) is 121 cm³/mol. The molecule has 168 valence electrons. The summed E-state index contributed by atoms with van der Waals surface area (Å²) in [5.74, 6) is -0.607. The number of fused-ring (bicyclic) bond motifs is 1. The highest BCUT2D eigenvalue weighted by Gasteiger charge is 2.46. The molecule has 4 rings (SSSR count). The lowest BCUT2D eigenvalue weighted by Gasteiger charge is -2.28. The number of benzene rings is 1. The van der Waals surface area contributed by atoms with Crippen molar-refractivity contribution in [2.45, 2.75) is 39.3 Å². The first-order valence-electron chi connectivity index (χ1n) is 11.1. The van der Waals surface area contributed by atoms with Crippen molar-refractivity contribution in [3.05, 3.63) is 65.0 Å². The summed E-state index contributed by atoms with van der Waals surface area (Å²) in [6.45, 7) is 8.88. The van der Waals surface area contributed by atoms with Crippen molar-refractivity contribution in [1.82, 2.24) is 14.8 Å². The summed E-state index contributed by atoms with van der Waals surface area (Å²) in [7, 11) is 0. The van der Waals surface area contributed by atoms with Crippen LogP contribution in [0.5, 0.6) is 5.75 Å². The zero-order chi connectivity index (χ0) is 22.8. The van der Waals surface area contributed by atoms with Crippen molar-refractivity contribution < 1.29 is 19.4 Å². The van der Waals surface area contributed by atoms with E-state index in [0.29, 0.717) is 18.7 Å². The van der Waals surface area contributed by atoms with E-state index in [2.05, 4.69) is 23.7 Å². The van der Waals surface area contributed by atoms with Crippen LogP contribution in [-0.2, 0) is 16.0 Å². The number of aliphatic hydroxyl groups excluding tert-OH is 1. The minimum Gasteiger partial charge on any atom is -0.507 e. The number of hydrogen-bond donors (Lipinski definition) is 1. The fourth-order valence-corrected chi connectivity index (χ4v) is 4.52. The second-order valence-corrected chi connectivity index (χ2v) is 8.26. The van der Waals surface area contributed by atoms with Gasteiger partial charge in [0.05, 0.1) is 11.6 Å². The number of pyridine rings is 1. The summed E-state index contributed by atoms with van der Waals surface area (Å²) in [5, 5.41) is 11.2. The van der Waals surface area contributed by atoms with Crippen LogP contribution in [0.1, 0.15) is 43.5 Å². The molecule has 2 aliphatic rings. The normalized spacial score (nSPS) is 21.8. The Morgan fingerprint density at radius 2 is 1.91 bits per heavy atom. The summed E-state index contributed by atoms with van der Waals surface area (Å²) in [5.41, 5.74) is 2.37. The Kier molecular flexibility index (Phi) is 6.28. The molecule has 2 aromatic rings. The van der Waals surface area contributed by atoms with Gasteiger partial charge in [-0.25, -0.2) is 0 Å². The third-order valence-electron chi connectivity index (χ3n) is 6.28. The number of amides is 1. The third-order valence-corrected chi connectivity index (χ3v) is 6.28. The molecule has 7 heteroatoms. The van der Waals surface area contributed by atoms with E-state index in [1.54, 1.807) is 35.5 Å². The average Bonchev–Trinajstić information content (AvgIpc) is 3.30. The largest absolute Gasteiger partial charge is 0.507 e.